The quantitative estimate of drug-likeness (QED) is 0.261. The number of aromatic nitrogens is 1. The van der Waals surface area contributed by atoms with Crippen LogP contribution in [-0.2, 0) is 6.42 Å². The Morgan fingerprint density at radius 2 is 1.39 bits per heavy atom. The molecule has 1 atom stereocenters. The van der Waals surface area contributed by atoms with Gasteiger partial charge in [-0.1, -0.05) is 80.4 Å². The van der Waals surface area contributed by atoms with Crippen molar-refractivity contribution in [2.24, 2.45) is 0 Å². The molecule has 0 saturated carbocycles. The van der Waals surface area contributed by atoms with E-state index in [2.05, 4.69) is 61.1 Å². The molecule has 0 aliphatic heterocycles. The van der Waals surface area contributed by atoms with Crippen molar-refractivity contribution in [3.8, 4) is 0 Å². The van der Waals surface area contributed by atoms with Gasteiger partial charge in [-0.2, -0.15) is 0 Å². The third kappa shape index (κ3) is 5.30. The molecular formula is C26H20Br2N2O. The van der Waals surface area contributed by atoms with Crippen molar-refractivity contribution in [2.75, 3.05) is 4.90 Å². The lowest BCUT2D eigenvalue weighted by molar-refractivity contribution is 0.0975. The summed E-state index contributed by atoms with van der Waals surface area (Å²) in [7, 11) is 0. The van der Waals surface area contributed by atoms with Gasteiger partial charge in [-0.3, -0.25) is 9.69 Å². The van der Waals surface area contributed by atoms with Gasteiger partial charge in [0.05, 0.1) is 6.04 Å². The van der Waals surface area contributed by atoms with Crippen LogP contribution in [0.4, 0.5) is 5.82 Å². The number of carbonyl (C=O) groups is 1. The number of pyridine rings is 1. The molecule has 0 N–H and O–H groups in total. The van der Waals surface area contributed by atoms with Crippen LogP contribution >= 0.6 is 31.9 Å². The SMILES string of the molecule is O=C(c1ccc(Br)cc1)N(c1ccccn1)[C@H](Cc1ccccc1)c1ccc(Br)cc1. The number of hydrogen-bond donors (Lipinski definition) is 0. The number of anilines is 1. The zero-order valence-corrected chi connectivity index (χ0v) is 19.8. The van der Waals surface area contributed by atoms with Gasteiger partial charge in [0.25, 0.3) is 5.91 Å². The second-order valence-electron chi connectivity index (χ2n) is 7.13. The highest BCUT2D eigenvalue weighted by Crippen LogP contribution is 2.32. The van der Waals surface area contributed by atoms with Crippen LogP contribution in [0.2, 0.25) is 0 Å². The first-order chi connectivity index (χ1) is 15.1. The van der Waals surface area contributed by atoms with Gasteiger partial charge < -0.3 is 0 Å². The molecule has 0 aliphatic carbocycles. The molecule has 31 heavy (non-hydrogen) atoms. The van der Waals surface area contributed by atoms with E-state index in [-0.39, 0.29) is 11.9 Å². The van der Waals surface area contributed by atoms with E-state index in [4.69, 9.17) is 0 Å². The number of amides is 1. The lowest BCUT2D eigenvalue weighted by Gasteiger charge is -2.32. The molecule has 1 aromatic heterocycles. The minimum absolute atomic E-state index is 0.0879. The van der Waals surface area contributed by atoms with Crippen LogP contribution in [0.25, 0.3) is 0 Å². The van der Waals surface area contributed by atoms with Crippen LogP contribution in [0.1, 0.15) is 27.5 Å². The van der Waals surface area contributed by atoms with Crippen LogP contribution in [0, 0.1) is 0 Å². The number of carbonyl (C=O) groups excluding carboxylic acids is 1. The van der Waals surface area contributed by atoms with Crippen molar-refractivity contribution in [1.82, 2.24) is 4.98 Å². The van der Waals surface area contributed by atoms with Gasteiger partial charge in [-0.15, -0.1) is 0 Å². The molecule has 3 nitrogen and oxygen atoms in total. The minimum Gasteiger partial charge on any atom is -0.285 e. The average molecular weight is 536 g/mol. The number of rotatable bonds is 6. The minimum atomic E-state index is -0.221. The lowest BCUT2D eigenvalue weighted by atomic mass is 9.96. The van der Waals surface area contributed by atoms with E-state index in [1.165, 1.54) is 0 Å². The predicted octanol–water partition coefficient (Wildman–Crippen LogP) is 7.24. The smallest absolute Gasteiger partial charge is 0.260 e. The molecule has 0 fully saturated rings. The van der Waals surface area contributed by atoms with Crippen LogP contribution in [0.5, 0.6) is 0 Å². The van der Waals surface area contributed by atoms with E-state index in [0.717, 1.165) is 20.1 Å². The Kier molecular flexibility index (Phi) is 6.95. The summed E-state index contributed by atoms with van der Waals surface area (Å²) in [5.74, 6) is 0.536. The monoisotopic (exact) mass is 534 g/mol. The summed E-state index contributed by atoms with van der Waals surface area (Å²) < 4.78 is 1.93. The molecule has 4 aromatic rings. The fourth-order valence-electron chi connectivity index (χ4n) is 3.51. The second kappa shape index (κ2) is 10.0. The molecule has 5 heteroatoms. The molecule has 0 unspecified atom stereocenters. The molecule has 1 amide bonds. The first-order valence-electron chi connectivity index (χ1n) is 9.91. The van der Waals surface area contributed by atoms with Gasteiger partial charge in [0.15, 0.2) is 0 Å². The molecule has 154 valence electrons. The Morgan fingerprint density at radius 3 is 2.00 bits per heavy atom. The Balaban J connectivity index is 1.83. The predicted molar refractivity (Wildman–Crippen MR) is 132 cm³/mol. The van der Waals surface area contributed by atoms with Crippen LogP contribution in [0.3, 0.4) is 0 Å². The van der Waals surface area contributed by atoms with Crippen molar-refractivity contribution < 1.29 is 4.79 Å². The maximum atomic E-state index is 13.8. The zero-order chi connectivity index (χ0) is 21.6. The van der Waals surface area contributed by atoms with E-state index in [9.17, 15) is 4.79 Å². The summed E-state index contributed by atoms with van der Waals surface area (Å²) in [4.78, 5) is 20.1. The summed E-state index contributed by atoms with van der Waals surface area (Å²) >= 11 is 6.97. The maximum Gasteiger partial charge on any atom is 0.260 e. The molecule has 3 aromatic carbocycles. The van der Waals surface area contributed by atoms with Crippen molar-refractivity contribution in [3.05, 3.63) is 129 Å². The van der Waals surface area contributed by atoms with Crippen molar-refractivity contribution in [2.45, 2.75) is 12.5 Å². The van der Waals surface area contributed by atoms with Crippen molar-refractivity contribution >= 4 is 43.6 Å². The van der Waals surface area contributed by atoms with Crippen LogP contribution in [-0.4, -0.2) is 10.9 Å². The number of halogens is 2. The van der Waals surface area contributed by atoms with Gasteiger partial charge in [0, 0.05) is 20.7 Å². The van der Waals surface area contributed by atoms with E-state index >= 15 is 0 Å². The molecule has 0 saturated heterocycles. The molecule has 0 bridgehead atoms. The largest absolute Gasteiger partial charge is 0.285 e. The maximum absolute atomic E-state index is 13.8. The average Bonchev–Trinajstić information content (AvgIpc) is 2.81. The van der Waals surface area contributed by atoms with Crippen LogP contribution < -0.4 is 4.90 Å². The van der Waals surface area contributed by atoms with Gasteiger partial charge in [0.2, 0.25) is 0 Å². The standard InChI is InChI=1S/C26H20Br2N2O/c27-22-13-9-20(10-14-22)24(18-19-6-2-1-3-7-19)30(25-8-4-5-17-29-25)26(31)21-11-15-23(28)16-12-21/h1-17,24H,18H2/t24-/m1/s1. The summed E-state index contributed by atoms with van der Waals surface area (Å²) in [5.41, 5.74) is 2.81. The molecule has 0 spiro atoms. The molecule has 1 heterocycles. The Labute approximate surface area is 199 Å². The Hall–Kier alpha value is -2.76. The van der Waals surface area contributed by atoms with Gasteiger partial charge in [-0.05, 0) is 66.1 Å². The molecule has 4 rings (SSSR count). The molecular weight excluding hydrogens is 516 g/mol. The zero-order valence-electron chi connectivity index (χ0n) is 16.7. The van der Waals surface area contributed by atoms with Gasteiger partial charge in [-0.25, -0.2) is 4.98 Å². The van der Waals surface area contributed by atoms with E-state index in [1.807, 2.05) is 72.8 Å². The topological polar surface area (TPSA) is 33.2 Å². The van der Waals surface area contributed by atoms with Gasteiger partial charge in [0.1, 0.15) is 5.82 Å². The summed E-state index contributed by atoms with van der Waals surface area (Å²) in [6.07, 6.45) is 2.39. The highest BCUT2D eigenvalue weighted by atomic mass is 79.9. The highest BCUT2D eigenvalue weighted by molar-refractivity contribution is 9.10. The first kappa shape index (κ1) is 21.5. The summed E-state index contributed by atoms with van der Waals surface area (Å²) in [6, 6.07) is 31.2. The number of benzene rings is 3. The third-order valence-corrected chi connectivity index (χ3v) is 6.10. The third-order valence-electron chi connectivity index (χ3n) is 5.04. The van der Waals surface area contributed by atoms with E-state index < -0.39 is 0 Å². The lowest BCUT2D eigenvalue weighted by Crippen LogP contribution is -2.37. The molecule has 0 aliphatic rings. The fraction of sp³-hybridized carbons (Fsp3) is 0.0769. The number of hydrogen-bond acceptors (Lipinski definition) is 2. The van der Waals surface area contributed by atoms with Crippen LogP contribution in [0.15, 0.2) is 112 Å². The Bertz CT molecular complexity index is 1130. The highest BCUT2D eigenvalue weighted by Gasteiger charge is 2.29. The van der Waals surface area contributed by atoms with Crippen molar-refractivity contribution in [1.29, 1.82) is 0 Å². The number of nitrogens with zero attached hydrogens (tertiary/aromatic N) is 2. The normalized spacial score (nSPS) is 11.7. The van der Waals surface area contributed by atoms with E-state index in [0.29, 0.717) is 17.8 Å². The Morgan fingerprint density at radius 1 is 0.774 bits per heavy atom. The summed E-state index contributed by atoms with van der Waals surface area (Å²) in [6.45, 7) is 0. The van der Waals surface area contributed by atoms with Crippen molar-refractivity contribution in [3.63, 3.8) is 0 Å². The van der Waals surface area contributed by atoms with E-state index in [1.54, 1.807) is 11.1 Å². The summed E-state index contributed by atoms with van der Waals surface area (Å²) in [5, 5.41) is 0. The molecule has 0 radical (unpaired) electrons. The first-order valence-corrected chi connectivity index (χ1v) is 11.5. The van der Waals surface area contributed by atoms with Gasteiger partial charge >= 0.3 is 0 Å². The fourth-order valence-corrected chi connectivity index (χ4v) is 4.04. The second-order valence-corrected chi connectivity index (χ2v) is 8.96.